The molecule has 5 heteroatoms. The fourth-order valence-electron chi connectivity index (χ4n) is 2.87. The minimum Gasteiger partial charge on any atom is -0.252 e. The Morgan fingerprint density at radius 2 is 1.81 bits per heavy atom. The van der Waals surface area contributed by atoms with Crippen molar-refractivity contribution in [3.8, 4) is 0 Å². The van der Waals surface area contributed by atoms with Crippen molar-refractivity contribution >= 4 is 23.2 Å². The van der Waals surface area contributed by atoms with Crippen molar-refractivity contribution in [1.29, 1.82) is 0 Å². The molecule has 0 aliphatic carbocycles. The summed E-state index contributed by atoms with van der Waals surface area (Å²) in [4.78, 5) is 5.88. The van der Waals surface area contributed by atoms with Crippen LogP contribution in [0.5, 0.6) is 0 Å². The molecule has 27 heavy (non-hydrogen) atoms. The molecule has 0 fully saturated rings. The Morgan fingerprint density at radius 3 is 2.48 bits per heavy atom. The third-order valence-electron chi connectivity index (χ3n) is 4.37. The standard InChI is InChI=1S/C22H20F3NS/c1-3-4-7-15(2)19-14-21(27-20-9-6-5-8-18(20)26-19)16-10-12-17(13-11-16)22(23,24)25/h3-13,21H,14H2,1-2H3/b4-3-,15-7+. The molecule has 0 amide bonds. The zero-order chi connectivity index (χ0) is 19.4. The molecule has 1 aliphatic heterocycles. The monoisotopic (exact) mass is 387 g/mol. The molecule has 0 N–H and O–H groups in total. The summed E-state index contributed by atoms with van der Waals surface area (Å²) in [6.07, 6.45) is 2.28. The van der Waals surface area contributed by atoms with Gasteiger partial charge in [-0.2, -0.15) is 13.2 Å². The van der Waals surface area contributed by atoms with Crippen LogP contribution in [-0.4, -0.2) is 5.71 Å². The minimum atomic E-state index is -4.32. The van der Waals surface area contributed by atoms with Crippen LogP contribution >= 0.6 is 11.8 Å². The van der Waals surface area contributed by atoms with Gasteiger partial charge in [-0.05, 0) is 49.2 Å². The third kappa shape index (κ3) is 4.72. The van der Waals surface area contributed by atoms with Crippen molar-refractivity contribution in [2.45, 2.75) is 36.6 Å². The molecule has 1 nitrogen and oxygen atoms in total. The van der Waals surface area contributed by atoms with E-state index in [2.05, 4.69) is 0 Å². The number of benzene rings is 2. The lowest BCUT2D eigenvalue weighted by atomic mass is 10.0. The van der Waals surface area contributed by atoms with E-state index in [1.807, 2.05) is 56.3 Å². The molecule has 1 aliphatic rings. The van der Waals surface area contributed by atoms with Gasteiger partial charge in [0.05, 0.1) is 11.3 Å². The highest BCUT2D eigenvalue weighted by molar-refractivity contribution is 7.99. The maximum Gasteiger partial charge on any atom is 0.416 e. The van der Waals surface area contributed by atoms with Crippen molar-refractivity contribution < 1.29 is 13.2 Å². The lowest BCUT2D eigenvalue weighted by Crippen LogP contribution is -2.07. The second-order valence-corrected chi connectivity index (χ2v) is 7.58. The van der Waals surface area contributed by atoms with Gasteiger partial charge in [-0.15, -0.1) is 11.8 Å². The number of fused-ring (bicyclic) bond motifs is 1. The summed E-state index contributed by atoms with van der Waals surface area (Å²) in [5.41, 5.74) is 3.16. The Balaban J connectivity index is 1.99. The Kier molecular flexibility index (Phi) is 5.90. The highest BCUT2D eigenvalue weighted by Crippen LogP contribution is 2.45. The van der Waals surface area contributed by atoms with Crippen LogP contribution in [0, 0.1) is 0 Å². The van der Waals surface area contributed by atoms with Gasteiger partial charge in [0, 0.05) is 22.3 Å². The molecule has 2 aromatic rings. The van der Waals surface area contributed by atoms with Crippen LogP contribution in [-0.2, 0) is 6.18 Å². The summed E-state index contributed by atoms with van der Waals surface area (Å²) in [5, 5.41) is 0.00337. The van der Waals surface area contributed by atoms with Gasteiger partial charge >= 0.3 is 6.18 Å². The van der Waals surface area contributed by atoms with Crippen LogP contribution in [0.15, 0.2) is 82.2 Å². The number of rotatable bonds is 3. The molecule has 0 saturated carbocycles. The van der Waals surface area contributed by atoms with Crippen LogP contribution in [0.1, 0.15) is 36.6 Å². The van der Waals surface area contributed by atoms with Gasteiger partial charge in [-0.25, -0.2) is 0 Å². The van der Waals surface area contributed by atoms with Crippen molar-refractivity contribution in [3.63, 3.8) is 0 Å². The van der Waals surface area contributed by atoms with Crippen LogP contribution in [0.25, 0.3) is 0 Å². The van der Waals surface area contributed by atoms with Crippen molar-refractivity contribution in [2.24, 2.45) is 4.99 Å². The number of thioether (sulfide) groups is 1. The van der Waals surface area contributed by atoms with E-state index in [9.17, 15) is 13.2 Å². The second kappa shape index (κ2) is 8.17. The predicted molar refractivity (Wildman–Crippen MR) is 107 cm³/mol. The Bertz CT molecular complexity index is 893. The zero-order valence-electron chi connectivity index (χ0n) is 15.1. The highest BCUT2D eigenvalue weighted by atomic mass is 32.2. The van der Waals surface area contributed by atoms with E-state index in [1.54, 1.807) is 23.9 Å². The van der Waals surface area contributed by atoms with Crippen LogP contribution in [0.4, 0.5) is 18.9 Å². The van der Waals surface area contributed by atoms with Gasteiger partial charge in [0.2, 0.25) is 0 Å². The van der Waals surface area contributed by atoms with E-state index in [0.29, 0.717) is 6.42 Å². The van der Waals surface area contributed by atoms with E-state index in [4.69, 9.17) is 4.99 Å². The maximum atomic E-state index is 12.9. The number of para-hydroxylation sites is 1. The van der Waals surface area contributed by atoms with E-state index in [1.165, 1.54) is 0 Å². The fraction of sp³-hybridized carbons (Fsp3) is 0.227. The average Bonchev–Trinajstić information content (AvgIpc) is 2.85. The molecule has 0 spiro atoms. The lowest BCUT2D eigenvalue weighted by Gasteiger charge is -2.17. The van der Waals surface area contributed by atoms with Crippen molar-refractivity contribution in [1.82, 2.24) is 0 Å². The molecule has 1 atom stereocenters. The van der Waals surface area contributed by atoms with Gasteiger partial charge < -0.3 is 0 Å². The van der Waals surface area contributed by atoms with E-state index < -0.39 is 11.7 Å². The molecule has 3 rings (SSSR count). The predicted octanol–water partition coefficient (Wildman–Crippen LogP) is 7.54. The Hall–Kier alpha value is -2.27. The average molecular weight is 387 g/mol. The molecular formula is C22H20F3NS. The summed E-state index contributed by atoms with van der Waals surface area (Å²) < 4.78 is 38.6. The smallest absolute Gasteiger partial charge is 0.252 e. The molecule has 0 radical (unpaired) electrons. The summed E-state index contributed by atoms with van der Waals surface area (Å²) in [5.74, 6) is 0. The fourth-order valence-corrected chi connectivity index (χ4v) is 4.10. The van der Waals surface area contributed by atoms with Crippen LogP contribution < -0.4 is 0 Å². The summed E-state index contributed by atoms with van der Waals surface area (Å²) >= 11 is 1.65. The van der Waals surface area contributed by atoms with Gasteiger partial charge in [-0.3, -0.25) is 4.99 Å². The molecule has 0 bridgehead atoms. The lowest BCUT2D eigenvalue weighted by molar-refractivity contribution is -0.137. The Morgan fingerprint density at radius 1 is 1.11 bits per heavy atom. The first kappa shape index (κ1) is 19.5. The minimum absolute atomic E-state index is 0.00337. The van der Waals surface area contributed by atoms with E-state index >= 15 is 0 Å². The number of hydrogen-bond donors (Lipinski definition) is 0. The molecule has 140 valence electrons. The molecule has 0 aromatic heterocycles. The largest absolute Gasteiger partial charge is 0.416 e. The zero-order valence-corrected chi connectivity index (χ0v) is 15.9. The molecule has 2 aromatic carbocycles. The van der Waals surface area contributed by atoms with Crippen molar-refractivity contribution in [2.75, 3.05) is 0 Å². The third-order valence-corrected chi connectivity index (χ3v) is 5.69. The topological polar surface area (TPSA) is 12.4 Å². The maximum absolute atomic E-state index is 12.9. The first-order valence-corrected chi connectivity index (χ1v) is 9.57. The van der Waals surface area contributed by atoms with Gasteiger partial charge in [0.25, 0.3) is 0 Å². The second-order valence-electron chi connectivity index (χ2n) is 6.33. The number of nitrogens with zero attached hydrogens (tertiary/aromatic N) is 1. The molecule has 1 unspecified atom stereocenters. The summed E-state index contributed by atoms with van der Waals surface area (Å²) in [7, 11) is 0. The molecule has 1 heterocycles. The number of halogens is 3. The summed E-state index contributed by atoms with van der Waals surface area (Å²) in [6.45, 7) is 3.97. The highest BCUT2D eigenvalue weighted by Gasteiger charge is 2.30. The number of hydrogen-bond acceptors (Lipinski definition) is 2. The van der Waals surface area contributed by atoms with Gasteiger partial charge in [0.15, 0.2) is 0 Å². The first-order chi connectivity index (χ1) is 12.9. The number of allylic oxidation sites excluding steroid dienone is 4. The molecule has 0 saturated heterocycles. The van der Waals surface area contributed by atoms with E-state index in [0.717, 1.165) is 39.6 Å². The molecular weight excluding hydrogens is 367 g/mol. The normalized spacial score (nSPS) is 18.2. The number of alkyl halides is 3. The van der Waals surface area contributed by atoms with Crippen molar-refractivity contribution in [3.05, 3.63) is 83.5 Å². The van der Waals surface area contributed by atoms with Crippen LogP contribution in [0.2, 0.25) is 0 Å². The van der Waals surface area contributed by atoms with Gasteiger partial charge in [0.1, 0.15) is 0 Å². The first-order valence-electron chi connectivity index (χ1n) is 8.69. The SMILES string of the molecule is C/C=C\C=C(/C)C1=Nc2ccccc2SC(c2ccc(C(F)(F)F)cc2)C1. The quantitative estimate of drug-likeness (QED) is 0.496. The van der Waals surface area contributed by atoms with Crippen LogP contribution in [0.3, 0.4) is 0 Å². The van der Waals surface area contributed by atoms with Gasteiger partial charge in [-0.1, -0.05) is 42.5 Å². The number of aliphatic imine (C=N–C) groups is 1. The Labute approximate surface area is 161 Å². The van der Waals surface area contributed by atoms with E-state index in [-0.39, 0.29) is 5.25 Å². The summed E-state index contributed by atoms with van der Waals surface area (Å²) in [6, 6.07) is 13.4.